The second kappa shape index (κ2) is 9.51. The van der Waals surface area contributed by atoms with Crippen molar-refractivity contribution in [1.82, 2.24) is 4.72 Å². The molecule has 0 spiro atoms. The molecule has 4 aromatic rings. The van der Waals surface area contributed by atoms with Crippen LogP contribution in [0.4, 0.5) is 0 Å². The van der Waals surface area contributed by atoms with Gasteiger partial charge in [0.25, 0.3) is 0 Å². The molecule has 162 valence electrons. The predicted octanol–water partition coefficient (Wildman–Crippen LogP) is 5.10. The molecule has 32 heavy (non-hydrogen) atoms. The molecule has 0 aliphatic rings. The summed E-state index contributed by atoms with van der Waals surface area (Å²) in [5.41, 5.74) is 1.85. The van der Waals surface area contributed by atoms with Crippen molar-refractivity contribution in [2.45, 2.75) is 17.6 Å². The van der Waals surface area contributed by atoms with Gasteiger partial charge in [0.05, 0.1) is 10.7 Å². The number of nitrogens with one attached hydrogen (secondary N) is 1. The average Bonchev–Trinajstić information content (AvgIpc) is 2.84. The van der Waals surface area contributed by atoms with Gasteiger partial charge in [-0.05, 0) is 35.2 Å². The summed E-state index contributed by atoms with van der Waals surface area (Å²) < 4.78 is 30.0. The van der Waals surface area contributed by atoms with Crippen LogP contribution in [0.3, 0.4) is 0 Å². The summed E-state index contributed by atoms with van der Waals surface area (Å²) in [6, 6.07) is 33.6. The second-order valence-corrected chi connectivity index (χ2v) is 13.9. The molecule has 0 saturated carbocycles. The van der Waals surface area contributed by atoms with Crippen LogP contribution in [0.5, 0.6) is 0 Å². The molecule has 1 N–H and O–H groups in total. The number of hydrogen-bond acceptors (Lipinski definition) is 3. The molecule has 0 heterocycles. The van der Waals surface area contributed by atoms with E-state index in [2.05, 4.69) is 4.72 Å². The summed E-state index contributed by atoms with van der Waals surface area (Å²) >= 11 is 6.46. The van der Waals surface area contributed by atoms with Gasteiger partial charge in [-0.3, -0.25) is 0 Å². The first-order valence-electron chi connectivity index (χ1n) is 10.3. The largest absolute Gasteiger partial charge is 0.241 e. The van der Waals surface area contributed by atoms with Crippen LogP contribution in [0.15, 0.2) is 120 Å². The lowest BCUT2D eigenvalue weighted by molar-refractivity contribution is 0.579. The minimum absolute atomic E-state index is 0.228. The Morgan fingerprint density at radius 2 is 1.12 bits per heavy atom. The number of aryl methyl sites for hydroxylation is 1. The van der Waals surface area contributed by atoms with Crippen molar-refractivity contribution in [3.8, 4) is 0 Å². The van der Waals surface area contributed by atoms with Gasteiger partial charge in [-0.2, -0.15) is 4.72 Å². The van der Waals surface area contributed by atoms with Gasteiger partial charge in [-0.1, -0.05) is 120 Å². The van der Waals surface area contributed by atoms with E-state index in [4.69, 9.17) is 11.8 Å². The topological polar surface area (TPSA) is 46.2 Å². The third-order valence-corrected chi connectivity index (χ3v) is 12.2. The molecule has 1 atom stereocenters. The molecule has 4 aromatic carbocycles. The molecule has 0 saturated heterocycles. The minimum atomic E-state index is -3.81. The first-order chi connectivity index (χ1) is 15.4. The molecule has 6 heteroatoms. The standard InChI is InChI=1S/C26H24NO2PS2/c1-21-17-19-25(20-18-21)32(28,29)27-26(22-11-5-2-6-12-22)30(31,23-13-7-3-8-14-23)24-15-9-4-10-16-24/h2-20,26-27H,1H3/t26-/m0/s1. The molecule has 0 aliphatic heterocycles. The highest BCUT2D eigenvalue weighted by atomic mass is 32.4. The summed E-state index contributed by atoms with van der Waals surface area (Å²) in [7, 11) is -3.81. The molecule has 0 amide bonds. The molecular weight excluding hydrogens is 453 g/mol. The van der Waals surface area contributed by atoms with Crippen molar-refractivity contribution in [3.63, 3.8) is 0 Å². The molecule has 3 nitrogen and oxygen atoms in total. The Morgan fingerprint density at radius 3 is 1.59 bits per heavy atom. The maximum absolute atomic E-state index is 13.5. The molecule has 0 fully saturated rings. The van der Waals surface area contributed by atoms with Crippen LogP contribution in [0.25, 0.3) is 0 Å². The molecule has 0 unspecified atom stereocenters. The second-order valence-electron chi connectivity index (χ2n) is 7.58. The Bertz CT molecular complexity index is 1280. The van der Waals surface area contributed by atoms with Gasteiger partial charge in [0.15, 0.2) is 0 Å². The zero-order valence-electron chi connectivity index (χ0n) is 17.6. The van der Waals surface area contributed by atoms with Crippen molar-refractivity contribution in [3.05, 3.63) is 126 Å². The fraction of sp³-hybridized carbons (Fsp3) is 0.0769. The maximum Gasteiger partial charge on any atom is 0.241 e. The van der Waals surface area contributed by atoms with Crippen LogP contribution in [-0.4, -0.2) is 8.42 Å². The van der Waals surface area contributed by atoms with E-state index in [-0.39, 0.29) is 4.90 Å². The zero-order chi connectivity index (χ0) is 22.6. The van der Waals surface area contributed by atoms with E-state index in [0.29, 0.717) is 0 Å². The van der Waals surface area contributed by atoms with E-state index in [1.54, 1.807) is 24.3 Å². The van der Waals surface area contributed by atoms with Crippen molar-refractivity contribution >= 4 is 38.5 Å². The quantitative estimate of drug-likeness (QED) is 0.377. The van der Waals surface area contributed by atoms with Crippen LogP contribution in [0.2, 0.25) is 0 Å². The Morgan fingerprint density at radius 1 is 0.688 bits per heavy atom. The first-order valence-corrected chi connectivity index (χ1v) is 14.6. The lowest BCUT2D eigenvalue weighted by Gasteiger charge is -2.33. The van der Waals surface area contributed by atoms with Gasteiger partial charge in [0.2, 0.25) is 10.0 Å². The zero-order valence-corrected chi connectivity index (χ0v) is 20.2. The summed E-state index contributed by atoms with van der Waals surface area (Å²) in [4.78, 5) is 0.228. The van der Waals surface area contributed by atoms with E-state index in [1.165, 1.54) is 0 Å². The maximum atomic E-state index is 13.5. The minimum Gasteiger partial charge on any atom is -0.207 e. The number of hydrogen-bond donors (Lipinski definition) is 1. The summed E-state index contributed by atoms with van der Waals surface area (Å²) in [5, 5.41) is 1.92. The Kier molecular flexibility index (Phi) is 6.73. The van der Waals surface area contributed by atoms with Crippen molar-refractivity contribution in [2.75, 3.05) is 0 Å². The SMILES string of the molecule is Cc1ccc(S(=O)(=O)N[C@H](c2ccccc2)P(=S)(c2ccccc2)c2ccccc2)cc1. The molecule has 0 bridgehead atoms. The Labute approximate surface area is 195 Å². The van der Waals surface area contributed by atoms with Crippen LogP contribution in [-0.2, 0) is 21.8 Å². The highest BCUT2D eigenvalue weighted by Crippen LogP contribution is 2.56. The molecule has 0 radical (unpaired) electrons. The van der Waals surface area contributed by atoms with E-state index >= 15 is 0 Å². The van der Waals surface area contributed by atoms with Gasteiger partial charge in [0, 0.05) is 6.04 Å². The van der Waals surface area contributed by atoms with Crippen LogP contribution in [0.1, 0.15) is 16.9 Å². The number of rotatable bonds is 7. The molecular formula is C26H24NO2PS2. The highest BCUT2D eigenvalue weighted by molar-refractivity contribution is 8.22. The van der Waals surface area contributed by atoms with E-state index in [1.807, 2.05) is 97.9 Å². The van der Waals surface area contributed by atoms with Crippen LogP contribution in [0, 0.1) is 6.92 Å². The van der Waals surface area contributed by atoms with Gasteiger partial charge >= 0.3 is 0 Å². The van der Waals surface area contributed by atoms with Gasteiger partial charge in [-0.25, -0.2) is 8.42 Å². The van der Waals surface area contributed by atoms with E-state index in [9.17, 15) is 8.42 Å². The van der Waals surface area contributed by atoms with E-state index in [0.717, 1.165) is 21.7 Å². The Hall–Kier alpha value is -2.56. The normalized spacial score (nSPS) is 12.9. The van der Waals surface area contributed by atoms with Crippen molar-refractivity contribution in [2.24, 2.45) is 0 Å². The average molecular weight is 478 g/mol. The lowest BCUT2D eigenvalue weighted by atomic mass is 10.2. The third-order valence-electron chi connectivity index (χ3n) is 5.36. The molecule has 0 aliphatic carbocycles. The van der Waals surface area contributed by atoms with Gasteiger partial charge < -0.3 is 0 Å². The first kappa shape index (κ1) is 22.6. The van der Waals surface area contributed by atoms with Crippen LogP contribution < -0.4 is 15.3 Å². The lowest BCUT2D eigenvalue weighted by Crippen LogP contribution is -2.34. The van der Waals surface area contributed by atoms with Crippen molar-refractivity contribution < 1.29 is 8.42 Å². The molecule has 0 aromatic heterocycles. The van der Waals surface area contributed by atoms with Gasteiger partial charge in [-0.15, -0.1) is 0 Å². The summed E-state index contributed by atoms with van der Waals surface area (Å²) in [6.45, 7) is 1.93. The molecule has 4 rings (SSSR count). The number of benzene rings is 4. The van der Waals surface area contributed by atoms with Crippen molar-refractivity contribution in [1.29, 1.82) is 0 Å². The smallest absolute Gasteiger partial charge is 0.207 e. The highest BCUT2D eigenvalue weighted by Gasteiger charge is 2.36. The van der Waals surface area contributed by atoms with Gasteiger partial charge in [0.1, 0.15) is 0 Å². The monoisotopic (exact) mass is 477 g/mol. The number of sulfonamides is 1. The predicted molar refractivity (Wildman–Crippen MR) is 137 cm³/mol. The summed E-state index contributed by atoms with van der Waals surface area (Å²) in [5.74, 6) is -0.602. The Balaban J connectivity index is 1.92. The summed E-state index contributed by atoms with van der Waals surface area (Å²) in [6.07, 6.45) is 0. The fourth-order valence-corrected chi connectivity index (χ4v) is 9.94. The third kappa shape index (κ3) is 4.62. The van der Waals surface area contributed by atoms with Crippen LogP contribution >= 0.6 is 6.04 Å². The van der Waals surface area contributed by atoms with E-state index < -0.39 is 21.8 Å². The fourth-order valence-electron chi connectivity index (χ4n) is 3.67.